The van der Waals surface area contributed by atoms with Gasteiger partial charge in [-0.3, -0.25) is 9.59 Å². The van der Waals surface area contributed by atoms with Crippen LogP contribution in [0.15, 0.2) is 59.7 Å². The zero-order valence-corrected chi connectivity index (χ0v) is 13.9. The van der Waals surface area contributed by atoms with Crippen LogP contribution in [0.1, 0.15) is 22.3 Å². The number of carbonyl (C=O) groups excluding carboxylic acids is 2. The summed E-state index contributed by atoms with van der Waals surface area (Å²) in [5.74, 6) is -0.118. The van der Waals surface area contributed by atoms with E-state index in [1.165, 1.54) is 5.01 Å². The Morgan fingerprint density at radius 2 is 1.84 bits per heavy atom. The second-order valence-electron chi connectivity index (χ2n) is 5.54. The monoisotopic (exact) mass is 337 g/mol. The smallest absolute Gasteiger partial charge is 0.280 e. The number of carbonyl (C=O) groups is 2. The number of para-hydroxylation sites is 1. The third kappa shape index (κ3) is 3.85. The summed E-state index contributed by atoms with van der Waals surface area (Å²) in [6, 6.07) is 16.6. The zero-order chi connectivity index (χ0) is 17.6. The van der Waals surface area contributed by atoms with E-state index < -0.39 is 0 Å². The third-order valence-corrected chi connectivity index (χ3v) is 3.91. The molecular formula is C19H19N3O3. The van der Waals surface area contributed by atoms with E-state index in [0.717, 1.165) is 11.3 Å². The number of nitrogens with zero attached hydrogens (tertiary/aromatic N) is 2. The lowest BCUT2D eigenvalue weighted by atomic mass is 10.1. The standard InChI is InChI=1S/C19H19N3O3/c1-20-19(24)15-9-5-6-10-17(15)25-13-18(23)22-12-11-16(21-22)14-7-3-2-4-8-14/h2-10H,11-13H2,1H3,(H,20,24). The Hall–Kier alpha value is -3.15. The molecule has 0 aliphatic carbocycles. The molecular weight excluding hydrogens is 318 g/mol. The van der Waals surface area contributed by atoms with Crippen LogP contribution in [-0.2, 0) is 4.79 Å². The number of benzene rings is 2. The first kappa shape index (κ1) is 16.7. The van der Waals surface area contributed by atoms with Gasteiger partial charge in [0.1, 0.15) is 5.75 Å². The van der Waals surface area contributed by atoms with E-state index in [-0.39, 0.29) is 18.4 Å². The van der Waals surface area contributed by atoms with E-state index in [1.807, 2.05) is 30.3 Å². The van der Waals surface area contributed by atoms with Gasteiger partial charge in [-0.1, -0.05) is 42.5 Å². The van der Waals surface area contributed by atoms with Crippen molar-refractivity contribution in [1.29, 1.82) is 0 Å². The molecule has 1 heterocycles. The third-order valence-electron chi connectivity index (χ3n) is 3.91. The molecule has 0 saturated carbocycles. The fraction of sp³-hybridized carbons (Fsp3) is 0.211. The first-order chi connectivity index (χ1) is 12.2. The van der Waals surface area contributed by atoms with E-state index in [1.54, 1.807) is 31.3 Å². The van der Waals surface area contributed by atoms with Crippen LogP contribution in [0, 0.1) is 0 Å². The predicted octanol–water partition coefficient (Wildman–Crippen LogP) is 2.06. The van der Waals surface area contributed by atoms with Gasteiger partial charge in [0.25, 0.3) is 11.8 Å². The van der Waals surface area contributed by atoms with Crippen molar-refractivity contribution in [2.75, 3.05) is 20.2 Å². The first-order valence-electron chi connectivity index (χ1n) is 8.06. The van der Waals surface area contributed by atoms with Gasteiger partial charge >= 0.3 is 0 Å². The SMILES string of the molecule is CNC(=O)c1ccccc1OCC(=O)N1CCC(c2ccccc2)=N1. The summed E-state index contributed by atoms with van der Waals surface area (Å²) < 4.78 is 5.55. The van der Waals surface area contributed by atoms with Gasteiger partial charge in [-0.2, -0.15) is 5.10 Å². The maximum atomic E-state index is 12.3. The molecule has 6 nitrogen and oxygen atoms in total. The Morgan fingerprint density at radius 1 is 1.12 bits per heavy atom. The van der Waals surface area contributed by atoms with Crippen LogP contribution < -0.4 is 10.1 Å². The lowest BCUT2D eigenvalue weighted by Crippen LogP contribution is -2.29. The van der Waals surface area contributed by atoms with Crippen molar-refractivity contribution in [3.63, 3.8) is 0 Å². The van der Waals surface area contributed by atoms with Crippen molar-refractivity contribution in [2.45, 2.75) is 6.42 Å². The molecule has 0 saturated heterocycles. The van der Waals surface area contributed by atoms with E-state index in [0.29, 0.717) is 24.3 Å². The topological polar surface area (TPSA) is 71.0 Å². The molecule has 0 bridgehead atoms. The Labute approximate surface area is 146 Å². The largest absolute Gasteiger partial charge is 0.483 e. The maximum Gasteiger partial charge on any atom is 0.280 e. The number of ether oxygens (including phenoxy) is 1. The van der Waals surface area contributed by atoms with Crippen molar-refractivity contribution in [2.24, 2.45) is 5.10 Å². The number of amides is 2. The molecule has 2 aromatic carbocycles. The van der Waals surface area contributed by atoms with E-state index >= 15 is 0 Å². The molecule has 25 heavy (non-hydrogen) atoms. The lowest BCUT2D eigenvalue weighted by molar-refractivity contribution is -0.132. The highest BCUT2D eigenvalue weighted by atomic mass is 16.5. The molecule has 2 amide bonds. The molecule has 6 heteroatoms. The second-order valence-corrected chi connectivity index (χ2v) is 5.54. The molecule has 3 rings (SSSR count). The van der Waals surface area contributed by atoms with Crippen molar-refractivity contribution < 1.29 is 14.3 Å². The molecule has 1 aliphatic heterocycles. The highest BCUT2D eigenvalue weighted by Gasteiger charge is 2.22. The van der Waals surface area contributed by atoms with Crippen LogP contribution in [-0.4, -0.2) is 42.7 Å². The Bertz CT molecular complexity index is 803. The van der Waals surface area contributed by atoms with Gasteiger partial charge in [0, 0.05) is 13.5 Å². The lowest BCUT2D eigenvalue weighted by Gasteiger charge is -2.14. The fourth-order valence-corrected chi connectivity index (χ4v) is 2.60. The van der Waals surface area contributed by atoms with Crippen LogP contribution >= 0.6 is 0 Å². The first-order valence-corrected chi connectivity index (χ1v) is 8.06. The van der Waals surface area contributed by atoms with Gasteiger partial charge < -0.3 is 10.1 Å². The van der Waals surface area contributed by atoms with Gasteiger partial charge in [-0.15, -0.1) is 0 Å². The fourth-order valence-electron chi connectivity index (χ4n) is 2.60. The predicted molar refractivity (Wildman–Crippen MR) is 94.6 cm³/mol. The molecule has 0 atom stereocenters. The normalized spacial score (nSPS) is 13.3. The number of nitrogens with one attached hydrogen (secondary N) is 1. The average Bonchev–Trinajstić information content (AvgIpc) is 3.17. The van der Waals surface area contributed by atoms with Crippen molar-refractivity contribution in [1.82, 2.24) is 10.3 Å². The summed E-state index contributed by atoms with van der Waals surface area (Å²) in [4.78, 5) is 24.2. The molecule has 0 unspecified atom stereocenters. The molecule has 128 valence electrons. The Morgan fingerprint density at radius 3 is 2.60 bits per heavy atom. The summed E-state index contributed by atoms with van der Waals surface area (Å²) in [6.07, 6.45) is 0.713. The highest BCUT2D eigenvalue weighted by Crippen LogP contribution is 2.19. The molecule has 1 N–H and O–H groups in total. The minimum Gasteiger partial charge on any atom is -0.483 e. The molecule has 1 aliphatic rings. The van der Waals surface area contributed by atoms with E-state index in [2.05, 4.69) is 10.4 Å². The van der Waals surface area contributed by atoms with Crippen molar-refractivity contribution in [3.8, 4) is 5.75 Å². The zero-order valence-electron chi connectivity index (χ0n) is 13.9. The van der Waals surface area contributed by atoms with Gasteiger partial charge in [0.05, 0.1) is 17.8 Å². The second kappa shape index (κ2) is 7.61. The maximum absolute atomic E-state index is 12.3. The minimum atomic E-state index is -0.256. The summed E-state index contributed by atoms with van der Waals surface area (Å²) in [6.45, 7) is 0.364. The Balaban J connectivity index is 1.65. The van der Waals surface area contributed by atoms with Gasteiger partial charge in [0.2, 0.25) is 0 Å². The van der Waals surface area contributed by atoms with Crippen LogP contribution in [0.4, 0.5) is 0 Å². The quantitative estimate of drug-likeness (QED) is 0.908. The molecule has 0 spiro atoms. The van der Waals surface area contributed by atoms with Crippen LogP contribution in [0.25, 0.3) is 0 Å². The van der Waals surface area contributed by atoms with Gasteiger partial charge in [0.15, 0.2) is 6.61 Å². The number of rotatable bonds is 5. The van der Waals surface area contributed by atoms with Crippen molar-refractivity contribution in [3.05, 3.63) is 65.7 Å². The number of hydrogen-bond acceptors (Lipinski definition) is 4. The summed E-state index contributed by atoms with van der Waals surface area (Å²) in [7, 11) is 1.55. The summed E-state index contributed by atoms with van der Waals surface area (Å²) >= 11 is 0. The van der Waals surface area contributed by atoms with Crippen LogP contribution in [0.5, 0.6) is 5.75 Å². The van der Waals surface area contributed by atoms with Crippen LogP contribution in [0.2, 0.25) is 0 Å². The average molecular weight is 337 g/mol. The molecule has 2 aromatic rings. The number of hydrogen-bond donors (Lipinski definition) is 1. The Kier molecular flexibility index (Phi) is 5.09. The highest BCUT2D eigenvalue weighted by molar-refractivity contribution is 6.02. The minimum absolute atomic E-state index is 0.167. The van der Waals surface area contributed by atoms with Gasteiger partial charge in [-0.25, -0.2) is 5.01 Å². The molecule has 0 radical (unpaired) electrons. The van der Waals surface area contributed by atoms with Crippen molar-refractivity contribution >= 4 is 17.5 Å². The summed E-state index contributed by atoms with van der Waals surface area (Å²) in [5, 5.41) is 8.36. The summed E-state index contributed by atoms with van der Waals surface area (Å²) in [5.41, 5.74) is 2.30. The molecule has 0 aromatic heterocycles. The van der Waals surface area contributed by atoms with Crippen LogP contribution in [0.3, 0.4) is 0 Å². The van der Waals surface area contributed by atoms with E-state index in [9.17, 15) is 9.59 Å². The molecule has 0 fully saturated rings. The van der Waals surface area contributed by atoms with Gasteiger partial charge in [-0.05, 0) is 17.7 Å². The number of hydrazone groups is 1. The van der Waals surface area contributed by atoms with E-state index in [4.69, 9.17) is 4.74 Å².